The van der Waals surface area contributed by atoms with Gasteiger partial charge >= 0.3 is 0 Å². The van der Waals surface area contributed by atoms with Gasteiger partial charge in [-0.25, -0.2) is 9.97 Å². The number of hydrogen-bond acceptors (Lipinski definition) is 5. The molecular weight excluding hydrogens is 204 g/mol. The van der Waals surface area contributed by atoms with Crippen LogP contribution in [0.25, 0.3) is 0 Å². The summed E-state index contributed by atoms with van der Waals surface area (Å²) in [6.45, 7) is 3.13. The van der Waals surface area contributed by atoms with Gasteiger partial charge in [0.1, 0.15) is 18.0 Å². The zero-order valence-electron chi connectivity index (χ0n) is 9.74. The molecule has 0 aliphatic heterocycles. The van der Waals surface area contributed by atoms with Gasteiger partial charge in [-0.05, 0) is 19.3 Å². The summed E-state index contributed by atoms with van der Waals surface area (Å²) in [7, 11) is 0. The molecule has 5 nitrogen and oxygen atoms in total. The maximum Gasteiger partial charge on any atom is 0.134 e. The molecule has 4 N–H and O–H groups in total. The number of aliphatic hydroxyl groups excluding tert-OH is 1. The second kappa shape index (κ2) is 7.00. The average Bonchev–Trinajstić information content (AvgIpc) is 2.29. The number of hydrogen-bond donors (Lipinski definition) is 3. The first kappa shape index (κ1) is 12.7. The molecule has 0 saturated carbocycles. The van der Waals surface area contributed by atoms with E-state index in [4.69, 9.17) is 10.8 Å². The number of rotatable bonds is 7. The molecule has 0 atom stereocenters. The quantitative estimate of drug-likeness (QED) is 0.606. The van der Waals surface area contributed by atoms with E-state index < -0.39 is 0 Å². The number of nitrogen functional groups attached to an aromatic ring is 1. The Hall–Kier alpha value is -1.36. The summed E-state index contributed by atoms with van der Waals surface area (Å²) < 4.78 is 0. The highest BCUT2D eigenvalue weighted by Crippen LogP contribution is 2.18. The van der Waals surface area contributed by atoms with Crippen LogP contribution in [0.5, 0.6) is 0 Å². The molecule has 0 radical (unpaired) electrons. The molecule has 1 aromatic heterocycles. The molecule has 0 aliphatic carbocycles. The zero-order valence-corrected chi connectivity index (χ0v) is 9.74. The van der Waals surface area contributed by atoms with Gasteiger partial charge in [0, 0.05) is 18.7 Å². The average molecular weight is 224 g/mol. The summed E-state index contributed by atoms with van der Waals surface area (Å²) in [6, 6.07) is 0. The molecule has 0 fully saturated rings. The topological polar surface area (TPSA) is 84.1 Å². The molecule has 0 unspecified atom stereocenters. The molecule has 1 rings (SSSR count). The Bertz CT molecular complexity index is 317. The Morgan fingerprint density at radius 3 is 2.88 bits per heavy atom. The predicted octanol–water partition coefficient (Wildman–Crippen LogP) is 1.20. The largest absolute Gasteiger partial charge is 0.396 e. The van der Waals surface area contributed by atoms with Crippen LogP contribution < -0.4 is 11.1 Å². The second-order valence-corrected chi connectivity index (χ2v) is 3.69. The molecule has 0 spiro atoms. The lowest BCUT2D eigenvalue weighted by molar-refractivity contribution is 0.286. The van der Waals surface area contributed by atoms with Gasteiger partial charge < -0.3 is 16.2 Å². The van der Waals surface area contributed by atoms with Crippen molar-refractivity contribution in [3.63, 3.8) is 0 Å². The molecular formula is C11H20N4O. The van der Waals surface area contributed by atoms with Crippen LogP contribution >= 0.6 is 0 Å². The fraction of sp³-hybridized carbons (Fsp3) is 0.636. The summed E-state index contributed by atoms with van der Waals surface area (Å²) in [5.74, 6) is 1.38. The fourth-order valence-electron chi connectivity index (χ4n) is 1.52. The van der Waals surface area contributed by atoms with Crippen molar-refractivity contribution in [1.82, 2.24) is 9.97 Å². The van der Waals surface area contributed by atoms with Gasteiger partial charge in [0.15, 0.2) is 0 Å². The SMILES string of the molecule is CCCc1c(N)ncnc1NCCCCO. The van der Waals surface area contributed by atoms with E-state index in [2.05, 4.69) is 22.2 Å². The number of aromatic nitrogens is 2. The Labute approximate surface area is 96.1 Å². The monoisotopic (exact) mass is 224 g/mol. The van der Waals surface area contributed by atoms with Crippen LogP contribution in [0.4, 0.5) is 11.6 Å². The van der Waals surface area contributed by atoms with Crippen LogP contribution in [0.2, 0.25) is 0 Å². The van der Waals surface area contributed by atoms with Crippen molar-refractivity contribution in [3.05, 3.63) is 11.9 Å². The normalized spacial score (nSPS) is 10.4. The molecule has 90 valence electrons. The van der Waals surface area contributed by atoms with Crippen LogP contribution in [0, 0.1) is 0 Å². The molecule has 1 aromatic rings. The molecule has 0 amide bonds. The van der Waals surface area contributed by atoms with Crippen molar-refractivity contribution in [2.45, 2.75) is 32.6 Å². The van der Waals surface area contributed by atoms with Gasteiger partial charge in [-0.1, -0.05) is 13.3 Å². The lowest BCUT2D eigenvalue weighted by Crippen LogP contribution is -2.09. The van der Waals surface area contributed by atoms with E-state index in [9.17, 15) is 0 Å². The highest BCUT2D eigenvalue weighted by atomic mass is 16.2. The number of nitrogens with two attached hydrogens (primary N) is 1. The standard InChI is InChI=1S/C11H20N4O/c1-2-5-9-10(12)14-8-15-11(9)13-6-3-4-7-16/h8,16H,2-7H2,1H3,(H3,12,13,14,15). The first-order valence-electron chi connectivity index (χ1n) is 5.73. The van der Waals surface area contributed by atoms with E-state index in [0.717, 1.165) is 43.6 Å². The Kier molecular flexibility index (Phi) is 5.56. The minimum Gasteiger partial charge on any atom is -0.396 e. The highest BCUT2D eigenvalue weighted by molar-refractivity contribution is 5.54. The number of nitrogens with one attached hydrogen (secondary N) is 1. The third-order valence-corrected chi connectivity index (χ3v) is 2.36. The van der Waals surface area contributed by atoms with E-state index in [1.54, 1.807) is 0 Å². The van der Waals surface area contributed by atoms with Crippen molar-refractivity contribution < 1.29 is 5.11 Å². The predicted molar refractivity (Wildman–Crippen MR) is 65.2 cm³/mol. The van der Waals surface area contributed by atoms with E-state index >= 15 is 0 Å². The van der Waals surface area contributed by atoms with Crippen LogP contribution in [0.1, 0.15) is 31.7 Å². The van der Waals surface area contributed by atoms with Crippen molar-refractivity contribution >= 4 is 11.6 Å². The van der Waals surface area contributed by atoms with Gasteiger partial charge in [0.2, 0.25) is 0 Å². The lowest BCUT2D eigenvalue weighted by Gasteiger charge is -2.11. The Morgan fingerprint density at radius 1 is 1.38 bits per heavy atom. The zero-order chi connectivity index (χ0) is 11.8. The van der Waals surface area contributed by atoms with Gasteiger partial charge in [-0.3, -0.25) is 0 Å². The maximum absolute atomic E-state index is 8.67. The van der Waals surface area contributed by atoms with Gasteiger partial charge in [-0.2, -0.15) is 0 Å². The maximum atomic E-state index is 8.67. The van der Waals surface area contributed by atoms with E-state index in [1.807, 2.05) is 0 Å². The number of aliphatic hydroxyl groups is 1. The molecule has 0 saturated heterocycles. The molecule has 5 heteroatoms. The van der Waals surface area contributed by atoms with Gasteiger partial charge in [0.25, 0.3) is 0 Å². The Morgan fingerprint density at radius 2 is 2.19 bits per heavy atom. The van der Waals surface area contributed by atoms with E-state index in [0.29, 0.717) is 5.82 Å². The van der Waals surface area contributed by atoms with Crippen molar-refractivity contribution in [1.29, 1.82) is 0 Å². The number of anilines is 2. The summed E-state index contributed by atoms with van der Waals surface area (Å²) in [5.41, 5.74) is 6.80. The number of nitrogens with zero attached hydrogens (tertiary/aromatic N) is 2. The van der Waals surface area contributed by atoms with Crippen molar-refractivity contribution in [2.75, 3.05) is 24.2 Å². The van der Waals surface area contributed by atoms with E-state index in [1.165, 1.54) is 6.33 Å². The van der Waals surface area contributed by atoms with Gasteiger partial charge in [-0.15, -0.1) is 0 Å². The second-order valence-electron chi connectivity index (χ2n) is 3.69. The molecule has 0 aliphatic rings. The molecule has 0 aromatic carbocycles. The first-order valence-corrected chi connectivity index (χ1v) is 5.73. The minimum absolute atomic E-state index is 0.232. The van der Waals surface area contributed by atoms with Gasteiger partial charge in [0.05, 0.1) is 0 Å². The third kappa shape index (κ3) is 3.66. The van der Waals surface area contributed by atoms with Crippen molar-refractivity contribution in [2.24, 2.45) is 0 Å². The van der Waals surface area contributed by atoms with E-state index in [-0.39, 0.29) is 6.61 Å². The lowest BCUT2D eigenvalue weighted by atomic mass is 10.1. The van der Waals surface area contributed by atoms with Crippen LogP contribution in [-0.4, -0.2) is 28.2 Å². The third-order valence-electron chi connectivity index (χ3n) is 2.36. The minimum atomic E-state index is 0.232. The van der Waals surface area contributed by atoms with Crippen LogP contribution in [0.3, 0.4) is 0 Å². The highest BCUT2D eigenvalue weighted by Gasteiger charge is 2.07. The molecule has 16 heavy (non-hydrogen) atoms. The fourth-order valence-corrected chi connectivity index (χ4v) is 1.52. The summed E-state index contributed by atoms with van der Waals surface area (Å²) in [5, 5.41) is 11.9. The van der Waals surface area contributed by atoms with Crippen LogP contribution in [0.15, 0.2) is 6.33 Å². The smallest absolute Gasteiger partial charge is 0.134 e. The van der Waals surface area contributed by atoms with Crippen molar-refractivity contribution in [3.8, 4) is 0 Å². The summed E-state index contributed by atoms with van der Waals surface area (Å²) >= 11 is 0. The number of unbranched alkanes of at least 4 members (excludes halogenated alkanes) is 1. The first-order chi connectivity index (χ1) is 7.79. The summed E-state index contributed by atoms with van der Waals surface area (Å²) in [6.07, 6.45) is 5.10. The summed E-state index contributed by atoms with van der Waals surface area (Å²) in [4.78, 5) is 8.18. The molecule has 1 heterocycles. The Balaban J connectivity index is 2.59. The molecule has 0 bridgehead atoms. The van der Waals surface area contributed by atoms with Crippen LogP contribution in [-0.2, 0) is 6.42 Å².